The summed E-state index contributed by atoms with van der Waals surface area (Å²) < 4.78 is 5.16. The molecule has 0 aromatic carbocycles. The van der Waals surface area contributed by atoms with E-state index >= 15 is 0 Å². The second-order valence-electron chi connectivity index (χ2n) is 11.1. The topological polar surface area (TPSA) is 43.4 Å². The molecule has 4 fully saturated rings. The molecule has 5 rings (SSSR count). The first kappa shape index (κ1) is 19.6. The summed E-state index contributed by atoms with van der Waals surface area (Å²) in [5.41, 5.74) is 3.01. The number of carbonyl (C=O) groups is 2. The van der Waals surface area contributed by atoms with Gasteiger partial charge in [0, 0.05) is 24.8 Å². The largest absolute Gasteiger partial charge is 0.462 e. The second kappa shape index (κ2) is 6.82. The molecule has 7 atom stereocenters. The summed E-state index contributed by atoms with van der Waals surface area (Å²) in [6, 6.07) is 0. The Labute approximate surface area is 175 Å². The lowest BCUT2D eigenvalue weighted by atomic mass is 9.47. The van der Waals surface area contributed by atoms with Crippen LogP contribution in [0.25, 0.3) is 0 Å². The molecule has 0 amide bonds. The lowest BCUT2D eigenvalue weighted by molar-refractivity contribution is -0.135. The van der Waals surface area contributed by atoms with Crippen LogP contribution in [-0.4, -0.2) is 18.4 Å². The molecule has 0 aromatic rings. The van der Waals surface area contributed by atoms with E-state index in [9.17, 15) is 9.59 Å². The van der Waals surface area contributed by atoms with E-state index < -0.39 is 0 Å². The number of rotatable bonds is 2. The molecule has 158 valence electrons. The SMILES string of the molecule is C[C@H](C=C1CCOC1=O)[C@H]1CCC2C3CC=C4CC(=O)CC[C@]4(C)C3CC[C@@]21C. The summed E-state index contributed by atoms with van der Waals surface area (Å²) in [5.74, 6) is 3.78. The summed E-state index contributed by atoms with van der Waals surface area (Å²) in [5, 5.41) is 0. The fourth-order valence-electron chi connectivity index (χ4n) is 8.41. The smallest absolute Gasteiger partial charge is 0.333 e. The number of hydrogen-bond acceptors (Lipinski definition) is 3. The van der Waals surface area contributed by atoms with Gasteiger partial charge in [-0.05, 0) is 78.9 Å². The Morgan fingerprint density at radius 1 is 1.10 bits per heavy atom. The van der Waals surface area contributed by atoms with Crippen LogP contribution in [0.1, 0.15) is 78.6 Å². The Balaban J connectivity index is 1.40. The maximum atomic E-state index is 12.1. The maximum Gasteiger partial charge on any atom is 0.333 e. The number of cyclic esters (lactones) is 1. The molecular formula is C26H36O3. The fraction of sp³-hybridized carbons (Fsp3) is 0.769. The molecule has 1 heterocycles. The maximum absolute atomic E-state index is 12.1. The molecule has 1 saturated heterocycles. The van der Waals surface area contributed by atoms with Gasteiger partial charge in [-0.15, -0.1) is 0 Å². The molecule has 29 heavy (non-hydrogen) atoms. The van der Waals surface area contributed by atoms with E-state index in [0.29, 0.717) is 36.1 Å². The van der Waals surface area contributed by atoms with Crippen molar-refractivity contribution in [2.45, 2.75) is 78.6 Å². The number of allylic oxidation sites excluding steroid dienone is 3. The molecule has 0 radical (unpaired) electrons. The van der Waals surface area contributed by atoms with Crippen LogP contribution < -0.4 is 0 Å². The summed E-state index contributed by atoms with van der Waals surface area (Å²) in [6.45, 7) is 7.91. The van der Waals surface area contributed by atoms with E-state index in [2.05, 4.69) is 32.9 Å². The number of ether oxygens (including phenoxy) is 1. The molecule has 0 aromatic heterocycles. The van der Waals surface area contributed by atoms with Crippen LogP contribution in [0.5, 0.6) is 0 Å². The van der Waals surface area contributed by atoms with Gasteiger partial charge in [-0.1, -0.05) is 38.5 Å². The van der Waals surface area contributed by atoms with Crippen molar-refractivity contribution in [3.8, 4) is 0 Å². The van der Waals surface area contributed by atoms with E-state index in [1.54, 1.807) is 0 Å². The Kier molecular flexibility index (Phi) is 4.60. The van der Waals surface area contributed by atoms with Crippen LogP contribution in [-0.2, 0) is 14.3 Å². The van der Waals surface area contributed by atoms with Gasteiger partial charge in [0.1, 0.15) is 5.78 Å². The molecule has 5 aliphatic rings. The first-order valence-corrected chi connectivity index (χ1v) is 11.9. The Morgan fingerprint density at radius 2 is 1.93 bits per heavy atom. The van der Waals surface area contributed by atoms with E-state index in [4.69, 9.17) is 4.74 Å². The van der Waals surface area contributed by atoms with Gasteiger partial charge in [0.15, 0.2) is 0 Å². The summed E-state index contributed by atoms with van der Waals surface area (Å²) in [6.07, 6.45) is 14.5. The highest BCUT2D eigenvalue weighted by atomic mass is 16.5. The van der Waals surface area contributed by atoms with E-state index in [1.165, 1.54) is 37.7 Å². The number of fused-ring (bicyclic) bond motifs is 5. The van der Waals surface area contributed by atoms with Gasteiger partial charge < -0.3 is 4.74 Å². The molecule has 3 unspecified atom stereocenters. The number of Topliss-reactive ketones (excluding diaryl/α,β-unsaturated/α-hetero) is 1. The normalized spacial score (nSPS) is 46.6. The molecular weight excluding hydrogens is 360 g/mol. The summed E-state index contributed by atoms with van der Waals surface area (Å²) in [4.78, 5) is 24.0. The Morgan fingerprint density at radius 3 is 2.69 bits per heavy atom. The number of hydrogen-bond donors (Lipinski definition) is 0. The number of carbonyl (C=O) groups excluding carboxylic acids is 2. The first-order valence-electron chi connectivity index (χ1n) is 11.9. The lowest BCUT2D eigenvalue weighted by Crippen LogP contribution is -2.50. The molecule has 4 aliphatic carbocycles. The average Bonchev–Trinajstić information content (AvgIpc) is 3.25. The second-order valence-corrected chi connectivity index (χ2v) is 11.1. The molecule has 3 saturated carbocycles. The third kappa shape index (κ3) is 2.90. The predicted octanol–water partition coefficient (Wildman–Crippen LogP) is 5.64. The molecule has 3 nitrogen and oxygen atoms in total. The third-order valence-electron chi connectivity index (χ3n) is 9.98. The van der Waals surface area contributed by atoms with Gasteiger partial charge in [-0.2, -0.15) is 0 Å². The monoisotopic (exact) mass is 396 g/mol. The molecule has 1 aliphatic heterocycles. The van der Waals surface area contributed by atoms with Crippen molar-refractivity contribution in [3.05, 3.63) is 23.3 Å². The zero-order valence-electron chi connectivity index (χ0n) is 18.3. The molecule has 0 bridgehead atoms. The van der Waals surface area contributed by atoms with Crippen LogP contribution in [0.3, 0.4) is 0 Å². The minimum absolute atomic E-state index is 0.0926. The van der Waals surface area contributed by atoms with Gasteiger partial charge in [0.2, 0.25) is 0 Å². The van der Waals surface area contributed by atoms with Gasteiger partial charge in [0.05, 0.1) is 6.61 Å². The zero-order valence-corrected chi connectivity index (χ0v) is 18.3. The van der Waals surface area contributed by atoms with Crippen LogP contribution in [0, 0.1) is 40.4 Å². The van der Waals surface area contributed by atoms with Crippen molar-refractivity contribution in [3.63, 3.8) is 0 Å². The fourth-order valence-corrected chi connectivity index (χ4v) is 8.41. The van der Waals surface area contributed by atoms with Gasteiger partial charge in [-0.3, -0.25) is 4.79 Å². The van der Waals surface area contributed by atoms with E-state index in [0.717, 1.165) is 42.6 Å². The van der Waals surface area contributed by atoms with Crippen molar-refractivity contribution in [1.29, 1.82) is 0 Å². The highest BCUT2D eigenvalue weighted by Crippen LogP contribution is 2.67. The minimum atomic E-state index is -0.0926. The molecule has 0 spiro atoms. The van der Waals surface area contributed by atoms with Crippen LogP contribution in [0.4, 0.5) is 0 Å². The lowest BCUT2D eigenvalue weighted by Gasteiger charge is -2.57. The Hall–Kier alpha value is -1.38. The first-order chi connectivity index (χ1) is 13.8. The van der Waals surface area contributed by atoms with Gasteiger partial charge in [-0.25, -0.2) is 4.79 Å². The molecule has 3 heteroatoms. The van der Waals surface area contributed by atoms with Crippen molar-refractivity contribution in [2.75, 3.05) is 6.61 Å². The highest BCUT2D eigenvalue weighted by Gasteiger charge is 2.59. The summed E-state index contributed by atoms with van der Waals surface area (Å²) in [7, 11) is 0. The molecule has 0 N–H and O–H groups in total. The van der Waals surface area contributed by atoms with Crippen molar-refractivity contribution in [1.82, 2.24) is 0 Å². The van der Waals surface area contributed by atoms with E-state index in [1.807, 2.05) is 0 Å². The minimum Gasteiger partial charge on any atom is -0.462 e. The van der Waals surface area contributed by atoms with Crippen molar-refractivity contribution >= 4 is 11.8 Å². The van der Waals surface area contributed by atoms with Crippen LogP contribution in [0.2, 0.25) is 0 Å². The van der Waals surface area contributed by atoms with E-state index in [-0.39, 0.29) is 11.4 Å². The standard InChI is InChI=1S/C26H36O3/c1-16(14-17-10-13-29-24(17)28)21-6-7-22-20-5-4-18-15-19(27)8-11-25(18,2)23(20)9-12-26(21,22)3/h4,14,16,20-23H,5-13,15H2,1-3H3/t16-,20?,21-,22?,23?,25+,26-/m1/s1. The van der Waals surface area contributed by atoms with Gasteiger partial charge in [0.25, 0.3) is 0 Å². The Bertz CT molecular complexity index is 792. The summed E-state index contributed by atoms with van der Waals surface area (Å²) >= 11 is 0. The predicted molar refractivity (Wildman–Crippen MR) is 113 cm³/mol. The highest BCUT2D eigenvalue weighted by molar-refractivity contribution is 5.90. The number of ketones is 1. The quantitative estimate of drug-likeness (QED) is 0.344. The van der Waals surface area contributed by atoms with Crippen molar-refractivity contribution < 1.29 is 14.3 Å². The number of esters is 1. The average molecular weight is 397 g/mol. The van der Waals surface area contributed by atoms with Crippen molar-refractivity contribution in [2.24, 2.45) is 40.4 Å². The zero-order chi connectivity index (χ0) is 20.4. The van der Waals surface area contributed by atoms with Crippen LogP contribution in [0.15, 0.2) is 23.3 Å². The van der Waals surface area contributed by atoms with Gasteiger partial charge >= 0.3 is 5.97 Å². The van der Waals surface area contributed by atoms with Crippen LogP contribution >= 0.6 is 0 Å². The third-order valence-corrected chi connectivity index (χ3v) is 9.98.